The fourth-order valence-corrected chi connectivity index (χ4v) is 2.87. The van der Waals surface area contributed by atoms with Crippen LogP contribution in [0.25, 0.3) is 0 Å². The van der Waals surface area contributed by atoms with Crippen LogP contribution >= 0.6 is 31.9 Å². The van der Waals surface area contributed by atoms with Crippen molar-refractivity contribution >= 4 is 31.9 Å². The Kier molecular flexibility index (Phi) is 4.36. The van der Waals surface area contributed by atoms with E-state index in [2.05, 4.69) is 31.9 Å². The molecular formula is C14H9Br2F3. The molecule has 0 fully saturated rings. The van der Waals surface area contributed by atoms with Gasteiger partial charge >= 0.3 is 0 Å². The third-order valence-electron chi connectivity index (χ3n) is 2.73. The van der Waals surface area contributed by atoms with E-state index in [1.807, 2.05) is 0 Å². The number of alkyl halides is 1. The predicted octanol–water partition coefficient (Wildman–Crippen LogP) is 5.66. The molecule has 0 amide bonds. The summed E-state index contributed by atoms with van der Waals surface area (Å²) in [6, 6.07) is 6.56. The molecule has 0 spiro atoms. The van der Waals surface area contributed by atoms with Crippen LogP contribution in [0, 0.1) is 24.4 Å². The van der Waals surface area contributed by atoms with E-state index in [9.17, 15) is 13.2 Å². The summed E-state index contributed by atoms with van der Waals surface area (Å²) in [6.45, 7) is 1.56. The molecule has 19 heavy (non-hydrogen) atoms. The zero-order chi connectivity index (χ0) is 14.2. The summed E-state index contributed by atoms with van der Waals surface area (Å²) >= 11 is 6.51. The zero-order valence-electron chi connectivity index (χ0n) is 9.85. The Labute approximate surface area is 125 Å². The summed E-state index contributed by atoms with van der Waals surface area (Å²) in [5.74, 6) is -1.68. The van der Waals surface area contributed by atoms with Crippen LogP contribution in [0.5, 0.6) is 0 Å². The second kappa shape index (κ2) is 5.67. The van der Waals surface area contributed by atoms with E-state index in [0.717, 1.165) is 6.07 Å². The van der Waals surface area contributed by atoms with Crippen molar-refractivity contribution in [3.63, 3.8) is 0 Å². The molecule has 0 aliphatic heterocycles. The standard InChI is InChI=1S/C14H9Br2F3/c1-7-2-11(13(19)6-12(7)18)14(16)8-3-9(15)5-10(17)4-8/h2-6,14H,1H3. The molecule has 0 aliphatic rings. The van der Waals surface area contributed by atoms with Gasteiger partial charge in [0, 0.05) is 16.1 Å². The quantitative estimate of drug-likeness (QED) is 0.577. The number of hydrogen-bond donors (Lipinski definition) is 0. The monoisotopic (exact) mass is 392 g/mol. The van der Waals surface area contributed by atoms with Gasteiger partial charge in [0.05, 0.1) is 4.83 Å². The van der Waals surface area contributed by atoms with Crippen LogP contribution in [-0.4, -0.2) is 0 Å². The van der Waals surface area contributed by atoms with Crippen molar-refractivity contribution < 1.29 is 13.2 Å². The fourth-order valence-electron chi connectivity index (χ4n) is 1.77. The molecule has 0 radical (unpaired) electrons. The average Bonchev–Trinajstić information content (AvgIpc) is 2.31. The Morgan fingerprint density at radius 3 is 2.26 bits per heavy atom. The number of rotatable bonds is 2. The highest BCUT2D eigenvalue weighted by Crippen LogP contribution is 2.35. The minimum absolute atomic E-state index is 0.274. The Morgan fingerprint density at radius 2 is 1.63 bits per heavy atom. The summed E-state index contributed by atoms with van der Waals surface area (Å²) in [4.78, 5) is -0.543. The maximum absolute atomic E-state index is 13.8. The van der Waals surface area contributed by atoms with E-state index in [-0.39, 0.29) is 5.56 Å². The summed E-state index contributed by atoms with van der Waals surface area (Å²) in [5, 5.41) is 0. The van der Waals surface area contributed by atoms with Crippen molar-refractivity contribution in [3.05, 3.63) is 68.9 Å². The fraction of sp³-hybridized carbons (Fsp3) is 0.143. The van der Waals surface area contributed by atoms with Gasteiger partial charge in [0.1, 0.15) is 17.5 Å². The summed E-state index contributed by atoms with van der Waals surface area (Å²) in [5.41, 5.74) is 1.17. The maximum Gasteiger partial charge on any atom is 0.130 e. The Morgan fingerprint density at radius 1 is 0.947 bits per heavy atom. The lowest BCUT2D eigenvalue weighted by molar-refractivity contribution is 0.568. The van der Waals surface area contributed by atoms with E-state index in [4.69, 9.17) is 0 Å². The maximum atomic E-state index is 13.8. The zero-order valence-corrected chi connectivity index (χ0v) is 13.0. The van der Waals surface area contributed by atoms with Gasteiger partial charge in [0.2, 0.25) is 0 Å². The Bertz CT molecular complexity index is 606. The normalized spacial score (nSPS) is 12.5. The molecule has 0 saturated heterocycles. The molecule has 0 aliphatic carbocycles. The van der Waals surface area contributed by atoms with Crippen molar-refractivity contribution in [2.45, 2.75) is 11.8 Å². The molecule has 1 atom stereocenters. The summed E-state index contributed by atoms with van der Waals surface area (Å²) in [7, 11) is 0. The Balaban J connectivity index is 2.49. The van der Waals surface area contributed by atoms with Gasteiger partial charge in [-0.3, -0.25) is 0 Å². The lowest BCUT2D eigenvalue weighted by Crippen LogP contribution is -2.00. The van der Waals surface area contributed by atoms with Crippen LogP contribution in [0.4, 0.5) is 13.2 Å². The average molecular weight is 394 g/mol. The van der Waals surface area contributed by atoms with Gasteiger partial charge in [-0.15, -0.1) is 0 Å². The van der Waals surface area contributed by atoms with Gasteiger partial charge in [0.25, 0.3) is 0 Å². The van der Waals surface area contributed by atoms with Crippen molar-refractivity contribution in [3.8, 4) is 0 Å². The lowest BCUT2D eigenvalue weighted by Gasteiger charge is -2.13. The van der Waals surface area contributed by atoms with Gasteiger partial charge < -0.3 is 0 Å². The highest BCUT2D eigenvalue weighted by molar-refractivity contribution is 9.10. The molecule has 2 aromatic carbocycles. The van der Waals surface area contributed by atoms with E-state index in [0.29, 0.717) is 15.6 Å². The molecule has 5 heteroatoms. The first-order chi connectivity index (χ1) is 8.88. The minimum Gasteiger partial charge on any atom is -0.207 e. The smallest absolute Gasteiger partial charge is 0.130 e. The van der Waals surface area contributed by atoms with Crippen molar-refractivity contribution in [2.75, 3.05) is 0 Å². The molecular weight excluding hydrogens is 385 g/mol. The van der Waals surface area contributed by atoms with Gasteiger partial charge in [-0.1, -0.05) is 31.9 Å². The second-order valence-electron chi connectivity index (χ2n) is 4.19. The number of benzene rings is 2. The van der Waals surface area contributed by atoms with Gasteiger partial charge in [0.15, 0.2) is 0 Å². The van der Waals surface area contributed by atoms with Crippen LogP contribution in [0.2, 0.25) is 0 Å². The van der Waals surface area contributed by atoms with Gasteiger partial charge in [-0.2, -0.15) is 0 Å². The first-order valence-corrected chi connectivity index (χ1v) is 7.15. The van der Waals surface area contributed by atoms with E-state index in [1.54, 1.807) is 13.0 Å². The topological polar surface area (TPSA) is 0 Å². The molecule has 0 heterocycles. The van der Waals surface area contributed by atoms with Crippen molar-refractivity contribution in [2.24, 2.45) is 0 Å². The SMILES string of the molecule is Cc1cc(C(Br)c2cc(F)cc(Br)c2)c(F)cc1F. The first-order valence-electron chi connectivity index (χ1n) is 5.44. The van der Waals surface area contributed by atoms with Crippen LogP contribution in [0.3, 0.4) is 0 Å². The lowest BCUT2D eigenvalue weighted by atomic mass is 10.0. The second-order valence-corrected chi connectivity index (χ2v) is 6.02. The van der Waals surface area contributed by atoms with Gasteiger partial charge in [-0.25, -0.2) is 13.2 Å². The Hall–Kier alpha value is -0.810. The molecule has 0 aromatic heterocycles. The van der Waals surface area contributed by atoms with Crippen molar-refractivity contribution in [1.82, 2.24) is 0 Å². The molecule has 2 aromatic rings. The van der Waals surface area contributed by atoms with Crippen LogP contribution < -0.4 is 0 Å². The third kappa shape index (κ3) is 3.20. The molecule has 0 nitrogen and oxygen atoms in total. The first kappa shape index (κ1) is 14.6. The number of hydrogen-bond acceptors (Lipinski definition) is 0. The summed E-state index contributed by atoms with van der Waals surface area (Å²) < 4.78 is 40.9. The van der Waals surface area contributed by atoms with E-state index >= 15 is 0 Å². The number of halogens is 5. The molecule has 0 N–H and O–H groups in total. The molecule has 0 bridgehead atoms. The predicted molar refractivity (Wildman–Crippen MR) is 76.0 cm³/mol. The largest absolute Gasteiger partial charge is 0.207 e. The van der Waals surface area contributed by atoms with Crippen LogP contribution in [0.15, 0.2) is 34.8 Å². The van der Waals surface area contributed by atoms with Gasteiger partial charge in [-0.05, 0) is 42.3 Å². The third-order valence-corrected chi connectivity index (χ3v) is 4.21. The minimum atomic E-state index is -0.662. The van der Waals surface area contributed by atoms with E-state index < -0.39 is 22.3 Å². The van der Waals surface area contributed by atoms with Crippen LogP contribution in [-0.2, 0) is 0 Å². The molecule has 100 valence electrons. The molecule has 0 saturated carbocycles. The highest BCUT2D eigenvalue weighted by atomic mass is 79.9. The van der Waals surface area contributed by atoms with Crippen LogP contribution in [0.1, 0.15) is 21.5 Å². The summed E-state index contributed by atoms with van der Waals surface area (Å²) in [6.07, 6.45) is 0. The van der Waals surface area contributed by atoms with Crippen molar-refractivity contribution in [1.29, 1.82) is 0 Å². The number of aryl methyl sites for hydroxylation is 1. The highest BCUT2D eigenvalue weighted by Gasteiger charge is 2.18. The molecule has 2 rings (SSSR count). The molecule has 1 unspecified atom stereocenters. The van der Waals surface area contributed by atoms with E-state index in [1.165, 1.54) is 18.2 Å².